The predicted octanol–water partition coefficient (Wildman–Crippen LogP) is 2.09. The molecule has 2 aromatic carbocycles. The van der Waals surface area contributed by atoms with Gasteiger partial charge in [-0.1, -0.05) is 6.07 Å². The minimum atomic E-state index is -1.22. The van der Waals surface area contributed by atoms with Crippen molar-refractivity contribution in [2.45, 2.75) is 0 Å². The SMILES string of the molecule is O=C(O)c1ccc2c(c1)C(=O)N(c1cccc([N+](=O)[O-])c1)C2=O. The minimum absolute atomic E-state index is 0.0404. The van der Waals surface area contributed by atoms with Gasteiger partial charge >= 0.3 is 5.97 Å². The highest BCUT2D eigenvalue weighted by Gasteiger charge is 2.37. The van der Waals surface area contributed by atoms with E-state index in [0.29, 0.717) is 0 Å². The van der Waals surface area contributed by atoms with Gasteiger partial charge in [0.1, 0.15) is 0 Å². The number of hydrogen-bond acceptors (Lipinski definition) is 5. The van der Waals surface area contributed by atoms with Gasteiger partial charge in [0, 0.05) is 12.1 Å². The Hall–Kier alpha value is -3.55. The summed E-state index contributed by atoms with van der Waals surface area (Å²) < 4.78 is 0. The quantitative estimate of drug-likeness (QED) is 0.526. The number of nitro benzene ring substituents is 1. The molecule has 23 heavy (non-hydrogen) atoms. The minimum Gasteiger partial charge on any atom is -0.478 e. The van der Waals surface area contributed by atoms with Crippen molar-refractivity contribution < 1.29 is 24.4 Å². The third-order valence-electron chi connectivity index (χ3n) is 3.43. The highest BCUT2D eigenvalue weighted by Crippen LogP contribution is 2.30. The summed E-state index contributed by atoms with van der Waals surface area (Å²) in [7, 11) is 0. The maximum atomic E-state index is 12.4. The van der Waals surface area contributed by atoms with E-state index in [0.717, 1.165) is 17.0 Å². The number of rotatable bonds is 3. The van der Waals surface area contributed by atoms with Crippen LogP contribution in [0, 0.1) is 10.1 Å². The fourth-order valence-electron chi connectivity index (χ4n) is 2.35. The Morgan fingerprint density at radius 2 is 1.74 bits per heavy atom. The maximum Gasteiger partial charge on any atom is 0.335 e. The summed E-state index contributed by atoms with van der Waals surface area (Å²) >= 11 is 0. The number of amides is 2. The largest absolute Gasteiger partial charge is 0.478 e. The average molecular weight is 312 g/mol. The maximum absolute atomic E-state index is 12.4. The molecule has 8 heteroatoms. The van der Waals surface area contributed by atoms with Crippen LogP contribution in [0.25, 0.3) is 0 Å². The van der Waals surface area contributed by atoms with Gasteiger partial charge in [-0.25, -0.2) is 9.69 Å². The second kappa shape index (κ2) is 5.02. The lowest BCUT2D eigenvalue weighted by Crippen LogP contribution is -2.29. The zero-order valence-electron chi connectivity index (χ0n) is 11.4. The van der Waals surface area contributed by atoms with Crippen molar-refractivity contribution in [2.75, 3.05) is 4.90 Å². The van der Waals surface area contributed by atoms with Crippen LogP contribution in [0.2, 0.25) is 0 Å². The number of hydrogen-bond donors (Lipinski definition) is 1. The molecular formula is C15H8N2O6. The Labute approximate surface area is 128 Å². The van der Waals surface area contributed by atoms with Crippen molar-refractivity contribution in [2.24, 2.45) is 0 Å². The van der Waals surface area contributed by atoms with Gasteiger partial charge in [0.25, 0.3) is 17.5 Å². The number of carboxylic acids is 1. The molecule has 1 aliphatic heterocycles. The Kier molecular flexibility index (Phi) is 3.14. The van der Waals surface area contributed by atoms with Crippen molar-refractivity contribution in [1.29, 1.82) is 0 Å². The summed E-state index contributed by atoms with van der Waals surface area (Å²) in [6, 6.07) is 8.71. The molecule has 114 valence electrons. The molecule has 0 atom stereocenters. The monoisotopic (exact) mass is 312 g/mol. The highest BCUT2D eigenvalue weighted by molar-refractivity contribution is 6.34. The fraction of sp³-hybridized carbons (Fsp3) is 0. The second-order valence-electron chi connectivity index (χ2n) is 4.79. The molecule has 0 radical (unpaired) electrons. The molecule has 8 nitrogen and oxygen atoms in total. The lowest BCUT2D eigenvalue weighted by molar-refractivity contribution is -0.384. The van der Waals surface area contributed by atoms with Crippen molar-refractivity contribution in [3.05, 3.63) is 69.3 Å². The van der Waals surface area contributed by atoms with Gasteiger partial charge in [0.2, 0.25) is 0 Å². The van der Waals surface area contributed by atoms with Crippen molar-refractivity contribution >= 4 is 29.2 Å². The van der Waals surface area contributed by atoms with E-state index >= 15 is 0 Å². The Morgan fingerprint density at radius 3 is 2.39 bits per heavy atom. The number of non-ortho nitro benzene ring substituents is 1. The van der Waals surface area contributed by atoms with Crippen LogP contribution in [0.5, 0.6) is 0 Å². The lowest BCUT2D eigenvalue weighted by Gasteiger charge is -2.13. The molecule has 0 fully saturated rings. The van der Waals surface area contributed by atoms with Gasteiger partial charge in [-0.2, -0.15) is 0 Å². The smallest absolute Gasteiger partial charge is 0.335 e. The summed E-state index contributed by atoms with van der Waals surface area (Å²) in [4.78, 5) is 46.7. The summed E-state index contributed by atoms with van der Waals surface area (Å²) in [5.41, 5.74) is -0.300. The third-order valence-corrected chi connectivity index (χ3v) is 3.43. The molecule has 0 saturated carbocycles. The van der Waals surface area contributed by atoms with Gasteiger partial charge in [-0.3, -0.25) is 19.7 Å². The molecule has 0 aliphatic carbocycles. The van der Waals surface area contributed by atoms with Gasteiger partial charge in [0.05, 0.1) is 27.3 Å². The van der Waals surface area contributed by atoms with Gasteiger partial charge in [-0.05, 0) is 24.3 Å². The topological polar surface area (TPSA) is 118 Å². The molecule has 3 rings (SSSR count). The average Bonchev–Trinajstić information content (AvgIpc) is 2.78. The van der Waals surface area contributed by atoms with E-state index in [1.165, 1.54) is 30.3 Å². The molecule has 0 saturated heterocycles. The number of benzene rings is 2. The summed E-state index contributed by atoms with van der Waals surface area (Å²) in [6.45, 7) is 0. The first-order chi connectivity index (χ1) is 10.9. The molecular weight excluding hydrogens is 304 g/mol. The number of nitro groups is 1. The summed E-state index contributed by atoms with van der Waals surface area (Å²) in [5.74, 6) is -2.59. The van der Waals surface area contributed by atoms with E-state index in [-0.39, 0.29) is 28.1 Å². The summed E-state index contributed by atoms with van der Waals surface area (Å²) in [5, 5.41) is 19.8. The molecule has 1 aliphatic rings. The second-order valence-corrected chi connectivity index (χ2v) is 4.79. The zero-order valence-corrected chi connectivity index (χ0v) is 11.4. The van der Waals surface area contributed by atoms with Crippen LogP contribution < -0.4 is 4.90 Å². The van der Waals surface area contributed by atoms with E-state index < -0.39 is 22.7 Å². The highest BCUT2D eigenvalue weighted by atomic mass is 16.6. The van der Waals surface area contributed by atoms with E-state index in [1.807, 2.05) is 0 Å². The van der Waals surface area contributed by atoms with Crippen molar-refractivity contribution in [1.82, 2.24) is 0 Å². The number of aromatic carboxylic acids is 1. The normalized spacial score (nSPS) is 13.1. The molecule has 2 amide bonds. The van der Waals surface area contributed by atoms with E-state index in [2.05, 4.69) is 0 Å². The van der Waals surface area contributed by atoms with Crippen LogP contribution in [0.4, 0.5) is 11.4 Å². The van der Waals surface area contributed by atoms with Crippen LogP contribution in [0.1, 0.15) is 31.1 Å². The third kappa shape index (κ3) is 2.22. The number of anilines is 1. The number of carbonyl (C=O) groups is 3. The van der Waals surface area contributed by atoms with Gasteiger partial charge < -0.3 is 5.11 Å². The van der Waals surface area contributed by atoms with Crippen LogP contribution in [0.3, 0.4) is 0 Å². The first-order valence-corrected chi connectivity index (χ1v) is 6.40. The number of nitrogens with zero attached hydrogens (tertiary/aromatic N) is 2. The number of fused-ring (bicyclic) bond motifs is 1. The van der Waals surface area contributed by atoms with Gasteiger partial charge in [0.15, 0.2) is 0 Å². The van der Waals surface area contributed by atoms with Crippen molar-refractivity contribution in [3.8, 4) is 0 Å². The first kappa shape index (κ1) is 14.4. The van der Waals surface area contributed by atoms with Crippen molar-refractivity contribution in [3.63, 3.8) is 0 Å². The number of imide groups is 1. The standard InChI is InChI=1S/C15H8N2O6/c18-13-11-5-4-8(15(20)21)6-12(11)14(19)16(13)9-2-1-3-10(7-9)17(22)23/h1-7H,(H,20,21). The van der Waals surface area contributed by atoms with Gasteiger partial charge in [-0.15, -0.1) is 0 Å². The number of carbonyl (C=O) groups excluding carboxylic acids is 2. The van der Waals surface area contributed by atoms with E-state index in [4.69, 9.17) is 5.11 Å². The molecule has 0 spiro atoms. The van der Waals surface area contributed by atoms with Crippen LogP contribution in [-0.4, -0.2) is 27.8 Å². The van der Waals surface area contributed by atoms with Crippen LogP contribution in [0.15, 0.2) is 42.5 Å². The molecule has 2 aromatic rings. The van der Waals surface area contributed by atoms with Crippen LogP contribution in [-0.2, 0) is 0 Å². The van der Waals surface area contributed by atoms with E-state index in [9.17, 15) is 24.5 Å². The predicted molar refractivity (Wildman–Crippen MR) is 77.6 cm³/mol. The number of carboxylic acid groups (broad SMARTS) is 1. The van der Waals surface area contributed by atoms with Crippen LogP contribution >= 0.6 is 0 Å². The molecule has 1 heterocycles. The molecule has 0 unspecified atom stereocenters. The lowest BCUT2D eigenvalue weighted by atomic mass is 10.1. The molecule has 0 bridgehead atoms. The molecule has 0 aromatic heterocycles. The fourth-order valence-corrected chi connectivity index (χ4v) is 2.35. The molecule has 1 N–H and O–H groups in total. The Morgan fingerprint density at radius 1 is 1.04 bits per heavy atom. The summed E-state index contributed by atoms with van der Waals surface area (Å²) in [6.07, 6.45) is 0. The van der Waals surface area contributed by atoms with E-state index in [1.54, 1.807) is 0 Å². The Bertz CT molecular complexity index is 889. The Balaban J connectivity index is 2.08. The first-order valence-electron chi connectivity index (χ1n) is 6.40. The zero-order chi connectivity index (χ0) is 16.7.